The fourth-order valence-corrected chi connectivity index (χ4v) is 2.91. The van der Waals surface area contributed by atoms with Crippen LogP contribution in [0.4, 0.5) is 17.6 Å². The summed E-state index contributed by atoms with van der Waals surface area (Å²) < 4.78 is 56.1. The summed E-state index contributed by atoms with van der Waals surface area (Å²) in [6.45, 7) is 0.206. The summed E-state index contributed by atoms with van der Waals surface area (Å²) in [5, 5.41) is 0. The normalized spacial score (nSPS) is 12.0. The van der Waals surface area contributed by atoms with E-state index in [2.05, 4.69) is 15.0 Å². The Balaban J connectivity index is 1.74. The van der Waals surface area contributed by atoms with E-state index in [4.69, 9.17) is 0 Å². The van der Waals surface area contributed by atoms with Crippen LogP contribution in [0.5, 0.6) is 0 Å². The second-order valence-electron chi connectivity index (χ2n) is 6.00. The lowest BCUT2D eigenvalue weighted by Crippen LogP contribution is -2.08. The molecule has 0 spiro atoms. The maximum absolute atomic E-state index is 14.0. The molecule has 0 fully saturated rings. The smallest absolute Gasteiger partial charge is 0.330 e. The number of rotatable bonds is 3. The van der Waals surface area contributed by atoms with Gasteiger partial charge in [-0.25, -0.2) is 19.3 Å². The first-order chi connectivity index (χ1) is 12.8. The first-order valence-electron chi connectivity index (χ1n) is 7.99. The highest BCUT2D eigenvalue weighted by atomic mass is 19.4. The average molecular weight is 375 g/mol. The second kappa shape index (κ2) is 6.19. The highest BCUT2D eigenvalue weighted by molar-refractivity contribution is 5.77. The summed E-state index contributed by atoms with van der Waals surface area (Å²) in [7, 11) is 1.64. The SMILES string of the molecule is Cn1c(Cn2ccnc2-c2ncccc2F)nc2ccc(C(F)(F)F)cc21. The van der Waals surface area contributed by atoms with Gasteiger partial charge in [-0.05, 0) is 30.3 Å². The minimum atomic E-state index is -4.42. The molecule has 0 atom stereocenters. The van der Waals surface area contributed by atoms with Crippen LogP contribution in [-0.4, -0.2) is 24.1 Å². The number of hydrogen-bond acceptors (Lipinski definition) is 3. The molecule has 4 rings (SSSR count). The topological polar surface area (TPSA) is 48.5 Å². The summed E-state index contributed by atoms with van der Waals surface area (Å²) in [5.74, 6) is 0.320. The number of aromatic nitrogens is 5. The van der Waals surface area contributed by atoms with Gasteiger partial charge in [0.2, 0.25) is 0 Å². The highest BCUT2D eigenvalue weighted by Gasteiger charge is 2.31. The summed E-state index contributed by atoms with van der Waals surface area (Å²) in [6.07, 6.45) is 0.190. The molecule has 1 aromatic carbocycles. The lowest BCUT2D eigenvalue weighted by molar-refractivity contribution is -0.137. The molecule has 0 bridgehead atoms. The van der Waals surface area contributed by atoms with Gasteiger partial charge in [0.05, 0.1) is 23.1 Å². The number of nitrogens with zero attached hydrogens (tertiary/aromatic N) is 5. The lowest BCUT2D eigenvalue weighted by Gasteiger charge is -2.09. The molecule has 4 aromatic rings. The third-order valence-corrected chi connectivity index (χ3v) is 4.30. The van der Waals surface area contributed by atoms with Gasteiger partial charge in [0.15, 0.2) is 11.6 Å². The first-order valence-corrected chi connectivity index (χ1v) is 7.99. The summed E-state index contributed by atoms with van der Waals surface area (Å²) in [6, 6.07) is 6.18. The van der Waals surface area contributed by atoms with Gasteiger partial charge >= 0.3 is 6.18 Å². The van der Waals surface area contributed by atoms with E-state index in [1.54, 1.807) is 22.4 Å². The molecule has 9 heteroatoms. The van der Waals surface area contributed by atoms with E-state index in [9.17, 15) is 17.6 Å². The number of hydrogen-bond donors (Lipinski definition) is 0. The van der Waals surface area contributed by atoms with Crippen molar-refractivity contribution in [1.82, 2.24) is 24.1 Å². The van der Waals surface area contributed by atoms with Crippen molar-refractivity contribution in [2.45, 2.75) is 12.7 Å². The molecule has 3 heterocycles. The van der Waals surface area contributed by atoms with Gasteiger partial charge in [0.25, 0.3) is 0 Å². The van der Waals surface area contributed by atoms with E-state index in [0.29, 0.717) is 22.7 Å². The number of imidazole rings is 2. The molecule has 3 aromatic heterocycles. The van der Waals surface area contributed by atoms with Crippen molar-refractivity contribution < 1.29 is 17.6 Å². The number of aryl methyl sites for hydroxylation is 1. The van der Waals surface area contributed by atoms with Crippen molar-refractivity contribution in [3.05, 3.63) is 66.1 Å². The molecule has 27 heavy (non-hydrogen) atoms. The fraction of sp³-hybridized carbons (Fsp3) is 0.167. The van der Waals surface area contributed by atoms with Crippen LogP contribution >= 0.6 is 0 Å². The Labute approximate surface area is 150 Å². The van der Waals surface area contributed by atoms with Crippen LogP contribution in [0, 0.1) is 5.82 Å². The van der Waals surface area contributed by atoms with Gasteiger partial charge in [0.1, 0.15) is 11.5 Å². The third-order valence-electron chi connectivity index (χ3n) is 4.30. The molecule has 0 saturated heterocycles. The molecular formula is C18H13F4N5. The quantitative estimate of drug-likeness (QED) is 0.508. The predicted molar refractivity (Wildman–Crippen MR) is 90.2 cm³/mol. The van der Waals surface area contributed by atoms with Crippen LogP contribution in [-0.2, 0) is 19.8 Å². The number of fused-ring (bicyclic) bond motifs is 1. The molecule has 0 aliphatic rings. The fourth-order valence-electron chi connectivity index (χ4n) is 2.91. The van der Waals surface area contributed by atoms with E-state index < -0.39 is 17.6 Å². The largest absolute Gasteiger partial charge is 0.416 e. The van der Waals surface area contributed by atoms with Gasteiger partial charge in [-0.2, -0.15) is 13.2 Å². The second-order valence-corrected chi connectivity index (χ2v) is 6.00. The molecule has 0 radical (unpaired) electrons. The molecule has 0 amide bonds. The van der Waals surface area contributed by atoms with E-state index in [-0.39, 0.29) is 12.2 Å². The van der Waals surface area contributed by atoms with E-state index in [1.807, 2.05) is 0 Å². The molecule has 5 nitrogen and oxygen atoms in total. The molecule has 0 saturated carbocycles. The van der Waals surface area contributed by atoms with Gasteiger partial charge in [-0.3, -0.25) is 0 Å². The first kappa shape index (κ1) is 17.2. The van der Waals surface area contributed by atoms with Crippen molar-refractivity contribution in [3.8, 4) is 11.5 Å². The van der Waals surface area contributed by atoms with Crippen LogP contribution in [0.1, 0.15) is 11.4 Å². The van der Waals surface area contributed by atoms with Crippen molar-refractivity contribution in [2.75, 3.05) is 0 Å². The minimum absolute atomic E-state index is 0.0978. The van der Waals surface area contributed by atoms with Crippen molar-refractivity contribution >= 4 is 11.0 Å². The minimum Gasteiger partial charge on any atom is -0.330 e. The molecule has 0 N–H and O–H groups in total. The molecule has 0 unspecified atom stereocenters. The maximum atomic E-state index is 14.0. The Morgan fingerprint density at radius 1 is 1.07 bits per heavy atom. The monoisotopic (exact) mass is 375 g/mol. The van der Waals surface area contributed by atoms with Crippen LogP contribution in [0.25, 0.3) is 22.6 Å². The standard InChI is InChI=1S/C18H13F4N5/c1-26-14-9-11(18(20,21)22)4-5-13(14)25-15(26)10-27-8-7-24-17(27)16-12(19)3-2-6-23-16/h2-9H,10H2,1H3. The predicted octanol–water partition coefficient (Wildman–Crippen LogP) is 4.04. The van der Waals surface area contributed by atoms with Gasteiger partial charge < -0.3 is 9.13 Å². The third kappa shape index (κ3) is 3.05. The van der Waals surface area contributed by atoms with Crippen LogP contribution < -0.4 is 0 Å². The zero-order chi connectivity index (χ0) is 19.2. The Morgan fingerprint density at radius 2 is 1.89 bits per heavy atom. The Kier molecular flexibility index (Phi) is 3.94. The van der Waals surface area contributed by atoms with Gasteiger partial charge in [-0.15, -0.1) is 0 Å². The van der Waals surface area contributed by atoms with E-state index >= 15 is 0 Å². The van der Waals surface area contributed by atoms with Gasteiger partial charge in [0, 0.05) is 25.6 Å². The number of halogens is 4. The van der Waals surface area contributed by atoms with Crippen LogP contribution in [0.3, 0.4) is 0 Å². The zero-order valence-corrected chi connectivity index (χ0v) is 14.1. The van der Waals surface area contributed by atoms with E-state index in [0.717, 1.165) is 12.1 Å². The van der Waals surface area contributed by atoms with E-state index in [1.165, 1.54) is 30.6 Å². The average Bonchev–Trinajstić information content (AvgIpc) is 3.20. The lowest BCUT2D eigenvalue weighted by atomic mass is 10.2. The molecule has 138 valence electrons. The summed E-state index contributed by atoms with van der Waals surface area (Å²) >= 11 is 0. The Morgan fingerprint density at radius 3 is 2.63 bits per heavy atom. The zero-order valence-electron chi connectivity index (χ0n) is 14.1. The molecule has 0 aliphatic carbocycles. The van der Waals surface area contributed by atoms with Crippen LogP contribution in [0.15, 0.2) is 48.9 Å². The summed E-state index contributed by atoms with van der Waals surface area (Å²) in [4.78, 5) is 12.6. The van der Waals surface area contributed by atoms with Crippen LogP contribution in [0.2, 0.25) is 0 Å². The number of benzene rings is 1. The highest BCUT2D eigenvalue weighted by Crippen LogP contribution is 2.31. The Hall–Kier alpha value is -3.23. The van der Waals surface area contributed by atoms with Crippen molar-refractivity contribution in [1.29, 1.82) is 0 Å². The van der Waals surface area contributed by atoms with Gasteiger partial charge in [-0.1, -0.05) is 0 Å². The number of alkyl halides is 3. The molecular weight excluding hydrogens is 362 g/mol. The Bertz CT molecular complexity index is 1130. The number of pyridine rings is 1. The molecule has 0 aliphatic heterocycles. The van der Waals surface area contributed by atoms with Crippen molar-refractivity contribution in [3.63, 3.8) is 0 Å². The summed E-state index contributed by atoms with van der Waals surface area (Å²) in [5.41, 5.74) is 0.181. The van der Waals surface area contributed by atoms with Crippen molar-refractivity contribution in [2.24, 2.45) is 7.05 Å². The maximum Gasteiger partial charge on any atom is 0.416 e.